The lowest BCUT2D eigenvalue weighted by Crippen LogP contribution is -2.47. The van der Waals surface area contributed by atoms with Gasteiger partial charge in [-0.05, 0) is 35.8 Å². The first-order valence-electron chi connectivity index (χ1n) is 11.1. The summed E-state index contributed by atoms with van der Waals surface area (Å²) >= 11 is 0. The molecule has 0 fully saturated rings. The van der Waals surface area contributed by atoms with Crippen molar-refractivity contribution in [3.63, 3.8) is 0 Å². The number of benzene rings is 1. The molecule has 0 bridgehead atoms. The highest BCUT2D eigenvalue weighted by molar-refractivity contribution is 6.74. The lowest BCUT2D eigenvalue weighted by molar-refractivity contribution is -0.178. The molecule has 1 amide bonds. The largest absolute Gasteiger partial charge is 0.497 e. The number of rotatable bonds is 13. The van der Waals surface area contributed by atoms with Crippen molar-refractivity contribution in [3.05, 3.63) is 29.8 Å². The number of carbonyl (C=O) groups excluding carboxylic acids is 1. The Morgan fingerprint density at radius 3 is 2.16 bits per heavy atom. The number of hydrogen-bond donors (Lipinski definition) is 0. The first kappa shape index (κ1) is 28.6. The van der Waals surface area contributed by atoms with Crippen LogP contribution in [0.3, 0.4) is 0 Å². The summed E-state index contributed by atoms with van der Waals surface area (Å²) in [6, 6.07) is 7.72. The van der Waals surface area contributed by atoms with Crippen LogP contribution in [0.25, 0.3) is 0 Å². The molecule has 0 heterocycles. The first-order chi connectivity index (χ1) is 14.9. The maximum atomic E-state index is 12.8. The van der Waals surface area contributed by atoms with Crippen molar-refractivity contribution >= 4 is 14.2 Å². The molecular weight excluding hydrogens is 426 g/mol. The molecule has 7 nitrogen and oxygen atoms in total. The number of ether oxygens (including phenoxy) is 3. The molecule has 0 saturated carbocycles. The van der Waals surface area contributed by atoms with E-state index in [-0.39, 0.29) is 23.2 Å². The predicted octanol–water partition coefficient (Wildman–Crippen LogP) is 4.66. The summed E-state index contributed by atoms with van der Waals surface area (Å²) in [5.74, 6) is 0.231. The third-order valence-electron chi connectivity index (χ3n) is 6.27. The summed E-state index contributed by atoms with van der Waals surface area (Å²) in [6.07, 6.45) is -0.00184. The second-order valence-corrected chi connectivity index (χ2v) is 14.5. The van der Waals surface area contributed by atoms with Crippen molar-refractivity contribution in [2.24, 2.45) is 5.92 Å². The number of nitrogens with zero attached hydrogens (tertiary/aromatic N) is 1. The summed E-state index contributed by atoms with van der Waals surface area (Å²) in [5, 5.41) is 1.31. The fourth-order valence-electron chi connectivity index (χ4n) is 3.07. The van der Waals surface area contributed by atoms with Gasteiger partial charge >= 0.3 is 0 Å². The van der Waals surface area contributed by atoms with Crippen molar-refractivity contribution < 1.29 is 28.3 Å². The average molecular weight is 470 g/mol. The molecule has 1 aromatic carbocycles. The zero-order valence-electron chi connectivity index (χ0n) is 21.6. The zero-order chi connectivity index (χ0) is 24.5. The Kier molecular flexibility index (Phi) is 11.3. The lowest BCUT2D eigenvalue weighted by Gasteiger charge is -2.40. The topological polar surface area (TPSA) is 66.5 Å². The van der Waals surface area contributed by atoms with Crippen LogP contribution in [0.2, 0.25) is 18.1 Å². The fourth-order valence-corrected chi connectivity index (χ4v) is 4.42. The number of hydrogen-bond acceptors (Lipinski definition) is 6. The van der Waals surface area contributed by atoms with E-state index >= 15 is 0 Å². The SMILES string of the molecule is COC[C@@H](C[C@@H](OCc1ccc(OC)cc1)[C@H](C)C(=O)N(C)OC)O[Si](C)(C)C(C)(C)C. The minimum Gasteiger partial charge on any atom is -0.497 e. The van der Waals surface area contributed by atoms with E-state index in [1.54, 1.807) is 21.3 Å². The van der Waals surface area contributed by atoms with Crippen LogP contribution in [0.1, 0.15) is 39.7 Å². The van der Waals surface area contributed by atoms with Crippen LogP contribution in [0.15, 0.2) is 24.3 Å². The van der Waals surface area contributed by atoms with Crippen LogP contribution in [0.4, 0.5) is 0 Å². The standard InChI is InChI=1S/C24H43NO6Si/c1-18(23(26)25(5)29-8)22(30-16-19-11-13-20(28-7)14-12-19)15-21(17-27-6)31-32(9,10)24(2,3)4/h11-14,18,21-22H,15-17H2,1-10H3/t18-,21+,22+/m0/s1. The normalized spacial score (nSPS) is 15.2. The third-order valence-corrected chi connectivity index (χ3v) is 10.8. The maximum absolute atomic E-state index is 12.8. The van der Waals surface area contributed by atoms with Gasteiger partial charge in [-0.1, -0.05) is 39.8 Å². The first-order valence-corrected chi connectivity index (χ1v) is 14.0. The van der Waals surface area contributed by atoms with E-state index in [4.69, 9.17) is 23.5 Å². The van der Waals surface area contributed by atoms with E-state index in [0.717, 1.165) is 11.3 Å². The van der Waals surface area contributed by atoms with Crippen LogP contribution in [-0.2, 0) is 30.1 Å². The molecule has 0 radical (unpaired) electrons. The van der Waals surface area contributed by atoms with Gasteiger partial charge < -0.3 is 18.6 Å². The van der Waals surface area contributed by atoms with E-state index in [2.05, 4.69) is 33.9 Å². The molecule has 184 valence electrons. The number of hydroxylamine groups is 2. The predicted molar refractivity (Wildman–Crippen MR) is 129 cm³/mol. The van der Waals surface area contributed by atoms with Gasteiger partial charge in [0.25, 0.3) is 5.91 Å². The smallest absolute Gasteiger partial charge is 0.251 e. The highest BCUT2D eigenvalue weighted by atomic mass is 28.4. The Balaban J connectivity index is 3.05. The van der Waals surface area contributed by atoms with Crippen LogP contribution < -0.4 is 4.74 Å². The molecule has 32 heavy (non-hydrogen) atoms. The number of carbonyl (C=O) groups is 1. The molecule has 0 N–H and O–H groups in total. The molecular formula is C24H43NO6Si. The maximum Gasteiger partial charge on any atom is 0.251 e. The van der Waals surface area contributed by atoms with Crippen LogP contribution >= 0.6 is 0 Å². The van der Waals surface area contributed by atoms with Crippen LogP contribution in [0, 0.1) is 5.92 Å². The minimum absolute atomic E-state index is 0.0656. The highest BCUT2D eigenvalue weighted by Gasteiger charge is 2.40. The zero-order valence-corrected chi connectivity index (χ0v) is 22.6. The summed E-state index contributed by atoms with van der Waals surface area (Å²) in [4.78, 5) is 17.9. The van der Waals surface area contributed by atoms with E-state index in [9.17, 15) is 4.79 Å². The van der Waals surface area contributed by atoms with E-state index in [0.29, 0.717) is 19.6 Å². The highest BCUT2D eigenvalue weighted by Crippen LogP contribution is 2.38. The second kappa shape index (κ2) is 12.7. The van der Waals surface area contributed by atoms with Gasteiger partial charge in [-0.25, -0.2) is 5.06 Å². The Morgan fingerprint density at radius 1 is 1.09 bits per heavy atom. The van der Waals surface area contributed by atoms with Crippen LogP contribution in [0.5, 0.6) is 5.75 Å². The van der Waals surface area contributed by atoms with E-state index < -0.39 is 14.2 Å². The molecule has 0 aliphatic carbocycles. The van der Waals surface area contributed by atoms with Crippen molar-refractivity contribution in [1.82, 2.24) is 5.06 Å². The van der Waals surface area contributed by atoms with E-state index in [1.807, 2.05) is 31.2 Å². The van der Waals surface area contributed by atoms with Gasteiger partial charge in [-0.3, -0.25) is 9.63 Å². The Hall–Kier alpha value is -1.45. The lowest BCUT2D eigenvalue weighted by atomic mass is 9.98. The minimum atomic E-state index is -2.03. The molecule has 0 aromatic heterocycles. The third kappa shape index (κ3) is 8.48. The Morgan fingerprint density at radius 2 is 1.69 bits per heavy atom. The number of amides is 1. The molecule has 8 heteroatoms. The van der Waals surface area contributed by atoms with Crippen molar-refractivity contribution in [3.8, 4) is 5.75 Å². The van der Waals surface area contributed by atoms with Crippen molar-refractivity contribution in [1.29, 1.82) is 0 Å². The van der Waals surface area contributed by atoms with Gasteiger partial charge in [0.05, 0.1) is 45.6 Å². The molecule has 0 aliphatic heterocycles. The molecule has 1 aromatic rings. The van der Waals surface area contributed by atoms with Gasteiger partial charge in [0.1, 0.15) is 5.75 Å². The molecule has 1 rings (SSSR count). The Labute approximate surface area is 195 Å². The summed E-state index contributed by atoms with van der Waals surface area (Å²) in [5.41, 5.74) is 1.00. The van der Waals surface area contributed by atoms with Crippen molar-refractivity contribution in [2.45, 2.75) is 71.1 Å². The van der Waals surface area contributed by atoms with Crippen LogP contribution in [-0.4, -0.2) is 66.5 Å². The molecule has 0 aliphatic rings. The van der Waals surface area contributed by atoms with Gasteiger partial charge in [0.2, 0.25) is 0 Å². The monoisotopic (exact) mass is 469 g/mol. The van der Waals surface area contributed by atoms with Gasteiger partial charge in [0.15, 0.2) is 8.32 Å². The summed E-state index contributed by atoms with van der Waals surface area (Å²) < 4.78 is 23.6. The second-order valence-electron chi connectivity index (χ2n) is 9.70. The summed E-state index contributed by atoms with van der Waals surface area (Å²) in [7, 11) is 4.37. The van der Waals surface area contributed by atoms with Gasteiger partial charge in [-0.15, -0.1) is 0 Å². The molecule has 0 unspecified atom stereocenters. The molecule has 0 spiro atoms. The quantitative estimate of drug-likeness (QED) is 0.309. The Bertz CT molecular complexity index is 689. The summed E-state index contributed by atoms with van der Waals surface area (Å²) in [6.45, 7) is 13.7. The van der Waals surface area contributed by atoms with Gasteiger partial charge in [-0.2, -0.15) is 0 Å². The average Bonchev–Trinajstić information content (AvgIpc) is 2.74. The number of methoxy groups -OCH3 is 2. The van der Waals surface area contributed by atoms with Gasteiger partial charge in [0, 0.05) is 20.6 Å². The van der Waals surface area contributed by atoms with E-state index in [1.165, 1.54) is 12.2 Å². The fraction of sp³-hybridized carbons (Fsp3) is 0.708. The van der Waals surface area contributed by atoms with Crippen molar-refractivity contribution in [2.75, 3.05) is 35.0 Å². The molecule has 3 atom stereocenters. The molecule has 0 saturated heterocycles.